The molecule has 18 heavy (non-hydrogen) atoms. The highest BCUT2D eigenvalue weighted by Crippen LogP contribution is 2.20. The van der Waals surface area contributed by atoms with Crippen molar-refractivity contribution in [2.24, 2.45) is 0 Å². The van der Waals surface area contributed by atoms with Crippen molar-refractivity contribution < 1.29 is 9.53 Å². The summed E-state index contributed by atoms with van der Waals surface area (Å²) in [7, 11) is 0. The zero-order chi connectivity index (χ0) is 13.0. The number of aryl methyl sites for hydroxylation is 2. The summed E-state index contributed by atoms with van der Waals surface area (Å²) in [6.07, 6.45) is 0.845. The zero-order valence-electron chi connectivity index (χ0n) is 10.6. The fourth-order valence-corrected chi connectivity index (χ4v) is 1.84. The summed E-state index contributed by atoms with van der Waals surface area (Å²) in [5.41, 5.74) is 4.06. The number of rotatable bonds is 4. The van der Waals surface area contributed by atoms with Crippen LogP contribution in [0.3, 0.4) is 0 Å². The lowest BCUT2D eigenvalue weighted by molar-refractivity contribution is 0.112. The maximum atomic E-state index is 10.7. The molecule has 0 spiro atoms. The van der Waals surface area contributed by atoms with E-state index >= 15 is 0 Å². The number of hydrogen-bond donors (Lipinski definition) is 0. The SMILES string of the molecule is Cc1ccccc1COc1ccc(C=O)cc1C. The first-order valence-corrected chi connectivity index (χ1v) is 5.94. The van der Waals surface area contributed by atoms with Crippen molar-refractivity contribution in [1.29, 1.82) is 0 Å². The van der Waals surface area contributed by atoms with E-state index in [2.05, 4.69) is 19.1 Å². The standard InChI is InChI=1S/C16H16O2/c1-12-5-3-4-6-15(12)11-18-16-8-7-14(10-17)9-13(16)2/h3-10H,11H2,1-2H3. The largest absolute Gasteiger partial charge is 0.489 e. The molecule has 0 unspecified atom stereocenters. The van der Waals surface area contributed by atoms with Crippen LogP contribution in [0.2, 0.25) is 0 Å². The molecule has 0 aromatic heterocycles. The molecule has 2 nitrogen and oxygen atoms in total. The van der Waals surface area contributed by atoms with Crippen LogP contribution >= 0.6 is 0 Å². The van der Waals surface area contributed by atoms with Gasteiger partial charge >= 0.3 is 0 Å². The van der Waals surface area contributed by atoms with Crippen molar-refractivity contribution in [2.45, 2.75) is 20.5 Å². The van der Waals surface area contributed by atoms with Gasteiger partial charge in [0.05, 0.1) is 0 Å². The van der Waals surface area contributed by atoms with Crippen LogP contribution in [0.4, 0.5) is 0 Å². The lowest BCUT2D eigenvalue weighted by Gasteiger charge is -2.11. The van der Waals surface area contributed by atoms with Crippen molar-refractivity contribution in [3.05, 3.63) is 64.7 Å². The molecule has 2 aromatic rings. The van der Waals surface area contributed by atoms with Gasteiger partial charge in [0.1, 0.15) is 18.6 Å². The van der Waals surface area contributed by atoms with Crippen molar-refractivity contribution >= 4 is 6.29 Å². The Labute approximate surface area is 107 Å². The summed E-state index contributed by atoms with van der Waals surface area (Å²) < 4.78 is 5.79. The number of aldehydes is 1. The normalized spacial score (nSPS) is 10.1. The lowest BCUT2D eigenvalue weighted by Crippen LogP contribution is -1.99. The topological polar surface area (TPSA) is 26.3 Å². The molecule has 0 amide bonds. The van der Waals surface area contributed by atoms with E-state index < -0.39 is 0 Å². The van der Waals surface area contributed by atoms with Gasteiger partial charge in [-0.2, -0.15) is 0 Å². The Morgan fingerprint density at radius 3 is 2.50 bits per heavy atom. The maximum absolute atomic E-state index is 10.7. The van der Waals surface area contributed by atoms with Crippen molar-refractivity contribution in [3.8, 4) is 5.75 Å². The van der Waals surface area contributed by atoms with Gasteiger partial charge < -0.3 is 4.74 Å². The molecule has 0 fully saturated rings. The van der Waals surface area contributed by atoms with Crippen molar-refractivity contribution in [2.75, 3.05) is 0 Å². The van der Waals surface area contributed by atoms with Gasteiger partial charge in [-0.1, -0.05) is 24.3 Å². The third-order valence-corrected chi connectivity index (χ3v) is 2.98. The summed E-state index contributed by atoms with van der Waals surface area (Å²) in [5.74, 6) is 0.823. The molecule has 0 heterocycles. The van der Waals surface area contributed by atoms with E-state index in [1.165, 1.54) is 11.1 Å². The van der Waals surface area contributed by atoms with Crippen LogP contribution < -0.4 is 4.74 Å². The summed E-state index contributed by atoms with van der Waals surface area (Å²) in [6.45, 7) is 4.56. The Kier molecular flexibility index (Phi) is 3.78. The second-order valence-electron chi connectivity index (χ2n) is 4.36. The number of carbonyl (C=O) groups excluding carboxylic acids is 1. The lowest BCUT2D eigenvalue weighted by atomic mass is 10.1. The van der Waals surface area contributed by atoms with Gasteiger partial charge in [0.25, 0.3) is 0 Å². The Morgan fingerprint density at radius 1 is 1.06 bits per heavy atom. The highest BCUT2D eigenvalue weighted by Gasteiger charge is 2.02. The first kappa shape index (κ1) is 12.4. The molecular weight excluding hydrogens is 224 g/mol. The number of ether oxygens (including phenoxy) is 1. The molecule has 0 saturated carbocycles. The van der Waals surface area contributed by atoms with Crippen molar-refractivity contribution in [3.63, 3.8) is 0 Å². The first-order valence-electron chi connectivity index (χ1n) is 5.94. The minimum absolute atomic E-state index is 0.550. The average Bonchev–Trinajstić information content (AvgIpc) is 2.39. The molecule has 0 atom stereocenters. The van der Waals surface area contributed by atoms with Crippen LogP contribution in [0, 0.1) is 13.8 Å². The van der Waals surface area contributed by atoms with E-state index in [0.29, 0.717) is 12.2 Å². The molecule has 0 N–H and O–H groups in total. The van der Waals surface area contributed by atoms with Crippen LogP contribution in [0.1, 0.15) is 27.0 Å². The molecule has 2 aromatic carbocycles. The third kappa shape index (κ3) is 2.77. The van der Waals surface area contributed by atoms with E-state index in [1.807, 2.05) is 31.2 Å². The van der Waals surface area contributed by atoms with Gasteiger partial charge in [-0.05, 0) is 48.7 Å². The molecule has 0 saturated heterocycles. The van der Waals surface area contributed by atoms with E-state index in [9.17, 15) is 4.79 Å². The Balaban J connectivity index is 2.11. The Morgan fingerprint density at radius 2 is 1.83 bits per heavy atom. The molecular formula is C16H16O2. The fourth-order valence-electron chi connectivity index (χ4n) is 1.84. The summed E-state index contributed by atoms with van der Waals surface area (Å²) in [5, 5.41) is 0. The number of carbonyl (C=O) groups is 1. The molecule has 0 aliphatic heterocycles. The van der Waals surface area contributed by atoms with E-state index in [-0.39, 0.29) is 0 Å². The van der Waals surface area contributed by atoms with Crippen LogP contribution in [-0.2, 0) is 6.61 Å². The van der Waals surface area contributed by atoms with Gasteiger partial charge in [-0.15, -0.1) is 0 Å². The average molecular weight is 240 g/mol. The predicted octanol–water partition coefficient (Wildman–Crippen LogP) is 3.69. The molecule has 2 heteroatoms. The minimum atomic E-state index is 0.550. The Hall–Kier alpha value is -2.09. The minimum Gasteiger partial charge on any atom is -0.489 e. The van der Waals surface area contributed by atoms with Crippen LogP contribution in [0.15, 0.2) is 42.5 Å². The van der Waals surface area contributed by atoms with Gasteiger partial charge in [-0.3, -0.25) is 4.79 Å². The van der Waals surface area contributed by atoms with E-state index in [1.54, 1.807) is 6.07 Å². The van der Waals surface area contributed by atoms with Crippen LogP contribution in [0.25, 0.3) is 0 Å². The van der Waals surface area contributed by atoms with Gasteiger partial charge in [-0.25, -0.2) is 0 Å². The zero-order valence-corrected chi connectivity index (χ0v) is 10.6. The quantitative estimate of drug-likeness (QED) is 0.762. The van der Waals surface area contributed by atoms with Crippen molar-refractivity contribution in [1.82, 2.24) is 0 Å². The van der Waals surface area contributed by atoms with Crippen LogP contribution in [-0.4, -0.2) is 6.29 Å². The smallest absolute Gasteiger partial charge is 0.150 e. The van der Waals surface area contributed by atoms with E-state index in [4.69, 9.17) is 4.74 Å². The van der Waals surface area contributed by atoms with E-state index in [0.717, 1.165) is 17.6 Å². The summed E-state index contributed by atoms with van der Waals surface area (Å²) >= 11 is 0. The van der Waals surface area contributed by atoms with Gasteiger partial charge in [0.15, 0.2) is 0 Å². The molecule has 0 aliphatic carbocycles. The molecule has 92 valence electrons. The third-order valence-electron chi connectivity index (χ3n) is 2.98. The molecule has 2 rings (SSSR count). The van der Waals surface area contributed by atoms with Gasteiger partial charge in [0.2, 0.25) is 0 Å². The monoisotopic (exact) mass is 240 g/mol. The second kappa shape index (κ2) is 5.50. The summed E-state index contributed by atoms with van der Waals surface area (Å²) in [6, 6.07) is 13.6. The predicted molar refractivity (Wildman–Crippen MR) is 72.1 cm³/mol. The second-order valence-corrected chi connectivity index (χ2v) is 4.36. The summed E-state index contributed by atoms with van der Waals surface area (Å²) in [4.78, 5) is 10.7. The first-order chi connectivity index (χ1) is 8.70. The van der Waals surface area contributed by atoms with Crippen LogP contribution in [0.5, 0.6) is 5.75 Å². The number of benzene rings is 2. The fraction of sp³-hybridized carbons (Fsp3) is 0.188. The Bertz CT molecular complexity index is 559. The molecule has 0 aliphatic rings. The van der Waals surface area contributed by atoms with Gasteiger partial charge in [0, 0.05) is 5.56 Å². The maximum Gasteiger partial charge on any atom is 0.150 e. The molecule has 0 bridgehead atoms. The number of hydrogen-bond acceptors (Lipinski definition) is 2. The highest BCUT2D eigenvalue weighted by atomic mass is 16.5. The highest BCUT2D eigenvalue weighted by molar-refractivity contribution is 5.75. The molecule has 0 radical (unpaired) electrons.